The lowest BCUT2D eigenvalue weighted by Gasteiger charge is -2.11. The predicted octanol–water partition coefficient (Wildman–Crippen LogP) is -0.0319. The Morgan fingerprint density at radius 3 is 2.53 bits per heavy atom. The second-order valence-corrected chi connectivity index (χ2v) is 3.07. The molecule has 0 aromatic heterocycles. The van der Waals surface area contributed by atoms with Crippen LogP contribution >= 0.6 is 0 Å². The van der Waals surface area contributed by atoms with Gasteiger partial charge >= 0.3 is 0 Å². The number of nitrogens with two attached hydrogens (primary N) is 1. The third-order valence-corrected chi connectivity index (χ3v) is 1.97. The topological polar surface area (TPSA) is 72.2 Å². The molecule has 0 spiro atoms. The van der Waals surface area contributed by atoms with Crippen molar-refractivity contribution < 1.29 is 14.0 Å². The molecule has 4 nitrogen and oxygen atoms in total. The van der Waals surface area contributed by atoms with Crippen LogP contribution in [0, 0.1) is 5.82 Å². The number of nitrogens with one attached hydrogen (secondary N) is 1. The van der Waals surface area contributed by atoms with Gasteiger partial charge < -0.3 is 11.1 Å². The number of benzene rings is 1. The average Bonchev–Trinajstić information content (AvgIpc) is 2.20. The van der Waals surface area contributed by atoms with Crippen LogP contribution in [0.25, 0.3) is 0 Å². The van der Waals surface area contributed by atoms with Crippen LogP contribution in [0.15, 0.2) is 24.3 Å². The summed E-state index contributed by atoms with van der Waals surface area (Å²) < 4.78 is 12.6. The number of amides is 2. The fourth-order valence-corrected chi connectivity index (χ4v) is 1.18. The van der Waals surface area contributed by atoms with Crippen molar-refractivity contribution in [3.63, 3.8) is 0 Å². The highest BCUT2D eigenvalue weighted by Gasteiger charge is 2.14. The Kier molecular flexibility index (Phi) is 3.79. The van der Waals surface area contributed by atoms with Gasteiger partial charge in [-0.2, -0.15) is 0 Å². The van der Waals surface area contributed by atoms with E-state index in [4.69, 9.17) is 5.73 Å². The van der Waals surface area contributed by atoms with Crippen LogP contribution in [0.5, 0.6) is 0 Å². The molecule has 0 radical (unpaired) electrons. The molecule has 5 heteroatoms. The molecule has 80 valence electrons. The van der Waals surface area contributed by atoms with Crippen molar-refractivity contribution in [2.45, 2.75) is 12.5 Å². The lowest BCUT2D eigenvalue weighted by Crippen LogP contribution is -2.42. The van der Waals surface area contributed by atoms with Gasteiger partial charge in [-0.1, -0.05) is 12.1 Å². The highest BCUT2D eigenvalue weighted by Crippen LogP contribution is 2.05. The minimum atomic E-state index is -0.757. The third-order valence-electron chi connectivity index (χ3n) is 1.97. The standard InChI is InChI=1S/C10H11FN2O2/c11-8-3-1-7(2-4-8)5-9(10(12)15)13-6-14/h1-4,6,9H,5H2,(H2,12,15)(H,13,14). The minimum Gasteiger partial charge on any atom is -0.368 e. The van der Waals surface area contributed by atoms with E-state index in [1.54, 1.807) is 0 Å². The third kappa shape index (κ3) is 3.38. The highest BCUT2D eigenvalue weighted by atomic mass is 19.1. The number of rotatable bonds is 5. The lowest BCUT2D eigenvalue weighted by atomic mass is 10.1. The van der Waals surface area contributed by atoms with Gasteiger partial charge in [-0.3, -0.25) is 9.59 Å². The van der Waals surface area contributed by atoms with E-state index < -0.39 is 11.9 Å². The predicted molar refractivity (Wildman–Crippen MR) is 52.3 cm³/mol. The normalized spacial score (nSPS) is 11.8. The van der Waals surface area contributed by atoms with Crippen LogP contribution in [0.3, 0.4) is 0 Å². The van der Waals surface area contributed by atoms with Gasteiger partial charge in [0.2, 0.25) is 12.3 Å². The molecule has 1 unspecified atom stereocenters. The van der Waals surface area contributed by atoms with Crippen molar-refractivity contribution in [1.82, 2.24) is 5.32 Å². The number of carbonyl (C=O) groups excluding carboxylic acids is 2. The molecule has 2 amide bonds. The summed E-state index contributed by atoms with van der Waals surface area (Å²) in [5.41, 5.74) is 5.80. The molecule has 0 aliphatic rings. The van der Waals surface area contributed by atoms with E-state index in [1.165, 1.54) is 24.3 Å². The molecule has 0 heterocycles. The number of carbonyl (C=O) groups is 2. The Morgan fingerprint density at radius 1 is 1.47 bits per heavy atom. The van der Waals surface area contributed by atoms with Gasteiger partial charge in [0, 0.05) is 6.42 Å². The first-order chi connectivity index (χ1) is 7.13. The summed E-state index contributed by atoms with van der Waals surface area (Å²) in [6.45, 7) is 0. The molecule has 0 aliphatic carbocycles. The van der Waals surface area contributed by atoms with Crippen LogP contribution in [0.2, 0.25) is 0 Å². The van der Waals surface area contributed by atoms with E-state index in [1.807, 2.05) is 0 Å². The molecule has 0 saturated heterocycles. The first kappa shape index (κ1) is 11.2. The second kappa shape index (κ2) is 5.09. The molecular formula is C10H11FN2O2. The molecule has 1 atom stereocenters. The Labute approximate surface area is 86.3 Å². The fraction of sp³-hybridized carbons (Fsp3) is 0.200. The second-order valence-electron chi connectivity index (χ2n) is 3.07. The Bertz CT molecular complexity index is 351. The van der Waals surface area contributed by atoms with E-state index in [2.05, 4.69) is 5.32 Å². The molecule has 3 N–H and O–H groups in total. The zero-order chi connectivity index (χ0) is 11.3. The average molecular weight is 210 g/mol. The fourth-order valence-electron chi connectivity index (χ4n) is 1.18. The number of hydrogen-bond donors (Lipinski definition) is 2. The van der Waals surface area contributed by atoms with E-state index in [0.717, 1.165) is 5.56 Å². The summed E-state index contributed by atoms with van der Waals surface area (Å²) in [7, 11) is 0. The van der Waals surface area contributed by atoms with Gasteiger partial charge in [-0.05, 0) is 17.7 Å². The van der Waals surface area contributed by atoms with Crippen LogP contribution in [-0.2, 0) is 16.0 Å². The van der Waals surface area contributed by atoms with Crippen LogP contribution in [-0.4, -0.2) is 18.4 Å². The molecule has 1 rings (SSSR count). The molecule has 0 aliphatic heterocycles. The maximum Gasteiger partial charge on any atom is 0.240 e. The molecule has 0 bridgehead atoms. The van der Waals surface area contributed by atoms with Crippen molar-refractivity contribution in [3.05, 3.63) is 35.6 Å². The maximum atomic E-state index is 12.6. The van der Waals surface area contributed by atoms with Crippen molar-refractivity contribution in [3.8, 4) is 0 Å². The van der Waals surface area contributed by atoms with E-state index in [0.29, 0.717) is 6.41 Å². The monoisotopic (exact) mass is 210 g/mol. The first-order valence-corrected chi connectivity index (χ1v) is 4.37. The summed E-state index contributed by atoms with van der Waals surface area (Å²) in [6.07, 6.45) is 0.674. The molecule has 1 aromatic rings. The van der Waals surface area contributed by atoms with Gasteiger partial charge in [0.15, 0.2) is 0 Å². The van der Waals surface area contributed by atoms with Crippen LogP contribution < -0.4 is 11.1 Å². The van der Waals surface area contributed by atoms with Crippen LogP contribution in [0.4, 0.5) is 4.39 Å². The van der Waals surface area contributed by atoms with E-state index >= 15 is 0 Å². The van der Waals surface area contributed by atoms with Crippen molar-refractivity contribution in [1.29, 1.82) is 0 Å². The molecule has 1 aromatic carbocycles. The van der Waals surface area contributed by atoms with Gasteiger partial charge in [0.05, 0.1) is 0 Å². The van der Waals surface area contributed by atoms with Crippen molar-refractivity contribution >= 4 is 12.3 Å². The highest BCUT2D eigenvalue weighted by molar-refractivity contribution is 5.82. The van der Waals surface area contributed by atoms with Gasteiger partial charge in [-0.25, -0.2) is 4.39 Å². The summed E-state index contributed by atoms with van der Waals surface area (Å²) >= 11 is 0. The lowest BCUT2D eigenvalue weighted by molar-refractivity contribution is -0.122. The Hall–Kier alpha value is -1.91. The molecule has 15 heavy (non-hydrogen) atoms. The largest absolute Gasteiger partial charge is 0.368 e. The number of primary amides is 1. The number of halogens is 1. The smallest absolute Gasteiger partial charge is 0.240 e. The van der Waals surface area contributed by atoms with E-state index in [-0.39, 0.29) is 12.2 Å². The zero-order valence-electron chi connectivity index (χ0n) is 7.94. The molecule has 0 saturated carbocycles. The van der Waals surface area contributed by atoms with Crippen molar-refractivity contribution in [2.24, 2.45) is 5.73 Å². The van der Waals surface area contributed by atoms with Gasteiger partial charge in [-0.15, -0.1) is 0 Å². The quantitative estimate of drug-likeness (QED) is 0.670. The first-order valence-electron chi connectivity index (χ1n) is 4.37. The molecule has 0 fully saturated rings. The minimum absolute atomic E-state index is 0.258. The van der Waals surface area contributed by atoms with Gasteiger partial charge in [0.25, 0.3) is 0 Å². The summed E-state index contributed by atoms with van der Waals surface area (Å²) in [5, 5.41) is 2.30. The van der Waals surface area contributed by atoms with Gasteiger partial charge in [0.1, 0.15) is 11.9 Å². The Balaban J connectivity index is 2.69. The maximum absolute atomic E-state index is 12.6. The summed E-state index contributed by atoms with van der Waals surface area (Å²) in [4.78, 5) is 21.1. The molecular weight excluding hydrogens is 199 g/mol. The van der Waals surface area contributed by atoms with E-state index in [9.17, 15) is 14.0 Å². The summed E-state index contributed by atoms with van der Waals surface area (Å²) in [5.74, 6) is -0.968. The SMILES string of the molecule is NC(=O)C(Cc1ccc(F)cc1)NC=O. The van der Waals surface area contributed by atoms with Crippen molar-refractivity contribution in [2.75, 3.05) is 0 Å². The Morgan fingerprint density at radius 2 is 2.07 bits per heavy atom. The zero-order valence-corrected chi connectivity index (χ0v) is 7.94. The van der Waals surface area contributed by atoms with Crippen LogP contribution in [0.1, 0.15) is 5.56 Å². The summed E-state index contributed by atoms with van der Waals surface area (Å²) in [6, 6.07) is 4.89. The number of hydrogen-bond acceptors (Lipinski definition) is 2.